The van der Waals surface area contributed by atoms with Gasteiger partial charge < -0.3 is 26.4 Å². The Morgan fingerprint density at radius 1 is 0.964 bits per heavy atom. The van der Waals surface area contributed by atoms with Crippen molar-refractivity contribution in [2.75, 3.05) is 6.54 Å². The normalized spacial score (nSPS) is 10.9. The number of hydrogen-bond acceptors (Lipinski definition) is 6. The molecule has 2 rings (SSSR count). The van der Waals surface area contributed by atoms with Crippen molar-refractivity contribution in [1.29, 1.82) is 0 Å². The van der Waals surface area contributed by atoms with Crippen molar-refractivity contribution in [2.45, 2.75) is 25.3 Å². The third-order valence-corrected chi connectivity index (χ3v) is 3.57. The number of nitrogens with two attached hydrogens (primary N) is 2. The van der Waals surface area contributed by atoms with Gasteiger partial charge >= 0.3 is 17.9 Å². The molecule has 0 saturated heterocycles. The van der Waals surface area contributed by atoms with Gasteiger partial charge in [0.25, 0.3) is 0 Å². The SMILES string of the molecule is NCCc1ccccc1.N[C@H](CCC(=O)O)C(=O)Oc1ccc(C(=O)O)cc1. The molecule has 0 fully saturated rings. The number of hydrogen-bond donors (Lipinski definition) is 4. The van der Waals surface area contributed by atoms with E-state index >= 15 is 0 Å². The van der Waals surface area contributed by atoms with Crippen LogP contribution in [0.2, 0.25) is 0 Å². The van der Waals surface area contributed by atoms with E-state index in [2.05, 4.69) is 12.1 Å². The van der Waals surface area contributed by atoms with Gasteiger partial charge in [-0.25, -0.2) is 9.59 Å². The number of aromatic carboxylic acids is 1. The molecule has 28 heavy (non-hydrogen) atoms. The first kappa shape index (κ1) is 22.8. The van der Waals surface area contributed by atoms with E-state index in [1.807, 2.05) is 18.2 Å². The van der Waals surface area contributed by atoms with E-state index < -0.39 is 23.9 Å². The fourth-order valence-electron chi connectivity index (χ4n) is 2.07. The second-order valence-corrected chi connectivity index (χ2v) is 5.81. The van der Waals surface area contributed by atoms with Crippen LogP contribution in [-0.4, -0.2) is 40.7 Å². The molecule has 0 saturated carbocycles. The Morgan fingerprint density at radius 3 is 2.07 bits per heavy atom. The van der Waals surface area contributed by atoms with Gasteiger partial charge in [-0.1, -0.05) is 30.3 Å². The summed E-state index contributed by atoms with van der Waals surface area (Å²) in [5.74, 6) is -2.74. The highest BCUT2D eigenvalue weighted by Crippen LogP contribution is 2.13. The first-order valence-electron chi connectivity index (χ1n) is 8.60. The molecule has 0 heterocycles. The van der Waals surface area contributed by atoms with Gasteiger partial charge in [-0.2, -0.15) is 0 Å². The van der Waals surface area contributed by atoms with Crippen LogP contribution in [0.5, 0.6) is 5.75 Å². The monoisotopic (exact) mass is 388 g/mol. The van der Waals surface area contributed by atoms with Crippen molar-refractivity contribution in [2.24, 2.45) is 11.5 Å². The summed E-state index contributed by atoms with van der Waals surface area (Å²) in [6.07, 6.45) is 0.733. The number of carboxylic acids is 2. The van der Waals surface area contributed by atoms with Crippen LogP contribution in [0.25, 0.3) is 0 Å². The number of aliphatic carboxylic acids is 1. The molecule has 0 unspecified atom stereocenters. The lowest BCUT2D eigenvalue weighted by molar-refractivity contribution is -0.138. The lowest BCUT2D eigenvalue weighted by Crippen LogP contribution is -2.34. The molecule has 150 valence electrons. The second kappa shape index (κ2) is 12.2. The van der Waals surface area contributed by atoms with Gasteiger partial charge in [-0.3, -0.25) is 4.79 Å². The zero-order valence-electron chi connectivity index (χ0n) is 15.3. The molecule has 0 aromatic heterocycles. The Bertz CT molecular complexity index is 762. The Balaban J connectivity index is 0.000000362. The first-order valence-corrected chi connectivity index (χ1v) is 8.60. The van der Waals surface area contributed by atoms with Crippen molar-refractivity contribution in [3.05, 3.63) is 65.7 Å². The highest BCUT2D eigenvalue weighted by atomic mass is 16.5. The van der Waals surface area contributed by atoms with Gasteiger partial charge in [0.15, 0.2) is 0 Å². The van der Waals surface area contributed by atoms with E-state index in [-0.39, 0.29) is 24.2 Å². The van der Waals surface area contributed by atoms with E-state index in [0.29, 0.717) is 0 Å². The zero-order valence-corrected chi connectivity index (χ0v) is 15.3. The first-order chi connectivity index (χ1) is 13.3. The van der Waals surface area contributed by atoms with Gasteiger partial charge in [-0.15, -0.1) is 0 Å². The molecule has 0 radical (unpaired) electrons. The molecule has 2 aromatic carbocycles. The molecule has 0 aliphatic carbocycles. The van der Waals surface area contributed by atoms with Crippen molar-refractivity contribution in [3.63, 3.8) is 0 Å². The summed E-state index contributed by atoms with van der Waals surface area (Å²) in [6, 6.07) is 14.4. The number of rotatable bonds is 8. The molecule has 0 amide bonds. The van der Waals surface area contributed by atoms with Crippen molar-refractivity contribution in [1.82, 2.24) is 0 Å². The second-order valence-electron chi connectivity index (χ2n) is 5.81. The van der Waals surface area contributed by atoms with Crippen LogP contribution < -0.4 is 16.2 Å². The van der Waals surface area contributed by atoms with E-state index in [0.717, 1.165) is 13.0 Å². The average Bonchev–Trinajstić information content (AvgIpc) is 2.68. The Labute approximate surface area is 162 Å². The fraction of sp³-hybridized carbons (Fsp3) is 0.250. The molecule has 8 heteroatoms. The maximum atomic E-state index is 11.5. The van der Waals surface area contributed by atoms with Gasteiger partial charge in [0.1, 0.15) is 11.8 Å². The number of carboxylic acid groups (broad SMARTS) is 2. The minimum absolute atomic E-state index is 0.0264. The lowest BCUT2D eigenvalue weighted by atomic mass is 10.2. The van der Waals surface area contributed by atoms with E-state index in [4.69, 9.17) is 26.4 Å². The lowest BCUT2D eigenvalue weighted by Gasteiger charge is -2.10. The van der Waals surface area contributed by atoms with Gasteiger partial charge in [-0.05, 0) is 49.2 Å². The van der Waals surface area contributed by atoms with E-state index in [1.54, 1.807) is 0 Å². The average molecular weight is 388 g/mol. The van der Waals surface area contributed by atoms with Crippen molar-refractivity contribution in [3.8, 4) is 5.75 Å². The van der Waals surface area contributed by atoms with Crippen LogP contribution in [0.1, 0.15) is 28.8 Å². The standard InChI is InChI=1S/C12H13NO6.C8H11N/c13-9(5-6-10(14)15)12(18)19-8-3-1-7(2-4-8)11(16)17;9-7-6-8-4-2-1-3-5-8/h1-4,9H,5-6,13H2,(H,14,15)(H,16,17);1-5H,6-7,9H2/t9-;/m1./s1. The quantitative estimate of drug-likeness (QED) is 0.393. The molecular weight excluding hydrogens is 364 g/mol. The summed E-state index contributed by atoms with van der Waals surface area (Å²) >= 11 is 0. The largest absolute Gasteiger partial charge is 0.481 e. The van der Waals surface area contributed by atoms with E-state index in [9.17, 15) is 14.4 Å². The molecule has 6 N–H and O–H groups in total. The number of carbonyl (C=O) groups is 3. The fourth-order valence-corrected chi connectivity index (χ4v) is 2.07. The molecule has 0 bridgehead atoms. The summed E-state index contributed by atoms with van der Waals surface area (Å²) in [7, 11) is 0. The highest BCUT2D eigenvalue weighted by molar-refractivity contribution is 5.87. The molecular formula is C20H24N2O6. The highest BCUT2D eigenvalue weighted by Gasteiger charge is 2.17. The summed E-state index contributed by atoms with van der Waals surface area (Å²) in [5.41, 5.74) is 12.2. The predicted molar refractivity (Wildman–Crippen MR) is 103 cm³/mol. The topological polar surface area (TPSA) is 153 Å². The Hall–Kier alpha value is -3.23. The predicted octanol–water partition coefficient (Wildman–Crippen LogP) is 1.67. The maximum absolute atomic E-state index is 11.5. The summed E-state index contributed by atoms with van der Waals surface area (Å²) in [5, 5.41) is 17.1. The summed E-state index contributed by atoms with van der Waals surface area (Å²) < 4.78 is 4.89. The maximum Gasteiger partial charge on any atom is 0.335 e. The van der Waals surface area contributed by atoms with Gasteiger partial charge in [0, 0.05) is 6.42 Å². The Morgan fingerprint density at radius 2 is 1.57 bits per heavy atom. The van der Waals surface area contributed by atoms with Gasteiger partial charge in [0.2, 0.25) is 0 Å². The van der Waals surface area contributed by atoms with Crippen LogP contribution in [-0.2, 0) is 16.0 Å². The minimum Gasteiger partial charge on any atom is -0.481 e. The number of esters is 1. The van der Waals surface area contributed by atoms with Crippen LogP contribution >= 0.6 is 0 Å². The van der Waals surface area contributed by atoms with Crippen LogP contribution in [0.15, 0.2) is 54.6 Å². The van der Waals surface area contributed by atoms with Gasteiger partial charge in [0.05, 0.1) is 5.56 Å². The van der Waals surface area contributed by atoms with Crippen LogP contribution in [0.3, 0.4) is 0 Å². The van der Waals surface area contributed by atoms with Crippen molar-refractivity contribution >= 4 is 17.9 Å². The number of benzene rings is 2. The molecule has 2 aromatic rings. The summed E-state index contributed by atoms with van der Waals surface area (Å²) in [6.45, 7) is 0.740. The van der Waals surface area contributed by atoms with E-state index in [1.165, 1.54) is 29.8 Å². The van der Waals surface area contributed by atoms with Crippen molar-refractivity contribution < 1.29 is 29.3 Å². The summed E-state index contributed by atoms with van der Waals surface area (Å²) in [4.78, 5) is 32.4. The zero-order chi connectivity index (χ0) is 20.9. The minimum atomic E-state index is -1.09. The third kappa shape index (κ3) is 8.93. The molecule has 0 aliphatic heterocycles. The molecule has 0 aliphatic rings. The Kier molecular flexibility index (Phi) is 9.95. The smallest absolute Gasteiger partial charge is 0.335 e. The number of carbonyl (C=O) groups excluding carboxylic acids is 1. The van der Waals surface area contributed by atoms with Crippen LogP contribution in [0, 0.1) is 0 Å². The number of ether oxygens (including phenoxy) is 1. The molecule has 0 spiro atoms. The molecule has 8 nitrogen and oxygen atoms in total. The third-order valence-electron chi connectivity index (χ3n) is 3.57. The molecule has 1 atom stereocenters. The van der Waals surface area contributed by atoms with Crippen LogP contribution in [0.4, 0.5) is 0 Å².